The van der Waals surface area contributed by atoms with Gasteiger partial charge >= 0.3 is 0 Å². The summed E-state index contributed by atoms with van der Waals surface area (Å²) in [5.74, 6) is 0.453. The average Bonchev–Trinajstić information content (AvgIpc) is 2.41. The second-order valence-electron chi connectivity index (χ2n) is 4.94. The molecule has 0 spiro atoms. The van der Waals surface area contributed by atoms with E-state index < -0.39 is 0 Å². The zero-order valence-electron chi connectivity index (χ0n) is 12.4. The van der Waals surface area contributed by atoms with E-state index in [1.54, 1.807) is 19.1 Å². The van der Waals surface area contributed by atoms with E-state index in [4.69, 9.17) is 0 Å². The molecule has 2 aromatic rings. The Labute approximate surface area is 119 Å². The Morgan fingerprint density at radius 1 is 1.10 bits per heavy atom. The molecule has 0 saturated heterocycles. The fourth-order valence-corrected chi connectivity index (χ4v) is 2.16. The molecular weight excluding hydrogens is 253 g/mol. The van der Waals surface area contributed by atoms with Gasteiger partial charge in [0.25, 0.3) is 0 Å². The van der Waals surface area contributed by atoms with Gasteiger partial charge in [-0.15, -0.1) is 0 Å². The summed E-state index contributed by atoms with van der Waals surface area (Å²) in [5, 5.41) is 3.29. The van der Waals surface area contributed by atoms with Crippen molar-refractivity contribution in [3.05, 3.63) is 46.5 Å². The lowest BCUT2D eigenvalue weighted by molar-refractivity contribution is 0.618. The highest BCUT2D eigenvalue weighted by atomic mass is 19.1. The Hall–Kier alpha value is -1.81. The van der Waals surface area contributed by atoms with Crippen LogP contribution >= 0.6 is 0 Å². The topological polar surface area (TPSA) is 37.8 Å². The van der Waals surface area contributed by atoms with Gasteiger partial charge in [0.05, 0.1) is 0 Å². The molecule has 2 rings (SSSR count). The van der Waals surface area contributed by atoms with Crippen molar-refractivity contribution in [2.24, 2.45) is 0 Å². The second kappa shape index (κ2) is 6.09. The normalized spacial score (nSPS) is 10.8. The van der Waals surface area contributed by atoms with Crippen molar-refractivity contribution in [2.45, 2.75) is 34.2 Å². The predicted molar refractivity (Wildman–Crippen MR) is 79.0 cm³/mol. The highest BCUT2D eigenvalue weighted by Gasteiger charge is 2.10. The third kappa shape index (κ3) is 3.02. The molecule has 4 heteroatoms. The highest BCUT2D eigenvalue weighted by molar-refractivity contribution is 5.57. The molecule has 1 heterocycles. The maximum atomic E-state index is 13.3. The van der Waals surface area contributed by atoms with Crippen LogP contribution in [0.15, 0.2) is 18.2 Å². The lowest BCUT2D eigenvalue weighted by Crippen LogP contribution is -2.15. The van der Waals surface area contributed by atoms with Crippen LogP contribution in [0.1, 0.15) is 29.4 Å². The molecule has 0 aliphatic heterocycles. The van der Waals surface area contributed by atoms with Crippen molar-refractivity contribution in [3.63, 3.8) is 0 Å². The largest absolute Gasteiger partial charge is 0.313 e. The predicted octanol–water partition coefficient (Wildman–Crippen LogP) is 3.32. The lowest BCUT2D eigenvalue weighted by atomic mass is 10.1. The SMILES string of the molecule is CCNCc1c(C)nc(-c2ccc(F)c(C)c2)nc1C. The second-order valence-corrected chi connectivity index (χ2v) is 4.94. The molecule has 0 fully saturated rings. The Bertz CT molecular complexity index is 600. The summed E-state index contributed by atoms with van der Waals surface area (Å²) in [4.78, 5) is 9.11. The van der Waals surface area contributed by atoms with Crippen LogP contribution in [0.5, 0.6) is 0 Å². The molecule has 1 aromatic carbocycles. The van der Waals surface area contributed by atoms with Crippen LogP contribution in [-0.2, 0) is 6.54 Å². The zero-order valence-corrected chi connectivity index (χ0v) is 12.4. The van der Waals surface area contributed by atoms with Gasteiger partial charge in [0.2, 0.25) is 0 Å². The number of halogens is 1. The van der Waals surface area contributed by atoms with E-state index in [9.17, 15) is 4.39 Å². The number of aryl methyl sites for hydroxylation is 3. The van der Waals surface area contributed by atoms with Gasteiger partial charge in [-0.1, -0.05) is 6.92 Å². The van der Waals surface area contributed by atoms with Crippen LogP contribution < -0.4 is 5.32 Å². The van der Waals surface area contributed by atoms with Gasteiger partial charge < -0.3 is 5.32 Å². The molecule has 0 bridgehead atoms. The molecule has 0 aliphatic carbocycles. The molecule has 0 saturated carbocycles. The van der Waals surface area contributed by atoms with Crippen molar-refractivity contribution >= 4 is 0 Å². The molecule has 0 amide bonds. The van der Waals surface area contributed by atoms with E-state index in [-0.39, 0.29) is 5.82 Å². The minimum Gasteiger partial charge on any atom is -0.313 e. The van der Waals surface area contributed by atoms with Crippen molar-refractivity contribution in [3.8, 4) is 11.4 Å². The highest BCUT2D eigenvalue weighted by Crippen LogP contribution is 2.21. The first-order valence-electron chi connectivity index (χ1n) is 6.84. The molecule has 1 aromatic heterocycles. The molecule has 0 aliphatic rings. The van der Waals surface area contributed by atoms with E-state index in [1.165, 1.54) is 6.07 Å². The molecule has 3 nitrogen and oxygen atoms in total. The summed E-state index contributed by atoms with van der Waals surface area (Å²) in [6, 6.07) is 4.97. The molecule has 20 heavy (non-hydrogen) atoms. The minimum absolute atomic E-state index is 0.203. The van der Waals surface area contributed by atoms with E-state index in [0.29, 0.717) is 11.4 Å². The van der Waals surface area contributed by atoms with E-state index in [1.807, 2.05) is 13.8 Å². The quantitative estimate of drug-likeness (QED) is 0.928. The molecule has 0 unspecified atom stereocenters. The molecule has 0 radical (unpaired) electrons. The number of nitrogens with one attached hydrogen (secondary N) is 1. The van der Waals surface area contributed by atoms with Gasteiger partial charge in [-0.25, -0.2) is 14.4 Å². The van der Waals surface area contributed by atoms with Crippen molar-refractivity contribution < 1.29 is 4.39 Å². The van der Waals surface area contributed by atoms with Crippen LogP contribution in [0.3, 0.4) is 0 Å². The fourth-order valence-electron chi connectivity index (χ4n) is 2.16. The van der Waals surface area contributed by atoms with Gasteiger partial charge in [0.15, 0.2) is 5.82 Å². The van der Waals surface area contributed by atoms with Crippen molar-refractivity contribution in [1.82, 2.24) is 15.3 Å². The smallest absolute Gasteiger partial charge is 0.159 e. The molecule has 1 N–H and O–H groups in total. The number of aromatic nitrogens is 2. The first kappa shape index (κ1) is 14.6. The number of hydrogen-bond acceptors (Lipinski definition) is 3. The Morgan fingerprint density at radius 2 is 1.75 bits per heavy atom. The Balaban J connectivity index is 2.41. The zero-order chi connectivity index (χ0) is 14.7. The van der Waals surface area contributed by atoms with E-state index in [2.05, 4.69) is 22.2 Å². The number of benzene rings is 1. The maximum Gasteiger partial charge on any atom is 0.159 e. The first-order chi connectivity index (χ1) is 9.52. The van der Waals surface area contributed by atoms with E-state index in [0.717, 1.165) is 35.6 Å². The Kier molecular flexibility index (Phi) is 4.45. The summed E-state index contributed by atoms with van der Waals surface area (Å²) in [5.41, 5.74) is 4.53. The van der Waals surface area contributed by atoms with Crippen LogP contribution in [-0.4, -0.2) is 16.5 Å². The summed E-state index contributed by atoms with van der Waals surface area (Å²) in [6.07, 6.45) is 0. The standard InChI is InChI=1S/C16H20FN3/c1-5-18-9-14-11(3)19-16(20-12(14)4)13-6-7-15(17)10(2)8-13/h6-8,18H,5,9H2,1-4H3. The van der Waals surface area contributed by atoms with Gasteiger partial charge in [0.1, 0.15) is 5.82 Å². The molecule has 106 valence electrons. The van der Waals surface area contributed by atoms with Gasteiger partial charge in [-0.3, -0.25) is 0 Å². The van der Waals surface area contributed by atoms with Crippen molar-refractivity contribution in [1.29, 1.82) is 0 Å². The van der Waals surface area contributed by atoms with Crippen LogP contribution in [0, 0.1) is 26.6 Å². The van der Waals surface area contributed by atoms with E-state index >= 15 is 0 Å². The van der Waals surface area contributed by atoms with Gasteiger partial charge in [0, 0.05) is 29.1 Å². The third-order valence-electron chi connectivity index (χ3n) is 3.39. The molecule has 0 atom stereocenters. The summed E-state index contributed by atoms with van der Waals surface area (Å²) < 4.78 is 13.3. The monoisotopic (exact) mass is 273 g/mol. The minimum atomic E-state index is -0.203. The average molecular weight is 273 g/mol. The number of nitrogens with zero attached hydrogens (tertiary/aromatic N) is 2. The molecular formula is C16H20FN3. The summed E-state index contributed by atoms with van der Waals surface area (Å²) >= 11 is 0. The first-order valence-corrected chi connectivity index (χ1v) is 6.84. The van der Waals surface area contributed by atoms with Crippen molar-refractivity contribution in [2.75, 3.05) is 6.54 Å². The van der Waals surface area contributed by atoms with Crippen LogP contribution in [0.4, 0.5) is 4.39 Å². The number of rotatable bonds is 4. The lowest BCUT2D eigenvalue weighted by Gasteiger charge is -2.11. The third-order valence-corrected chi connectivity index (χ3v) is 3.39. The van der Waals surface area contributed by atoms with Crippen LogP contribution in [0.25, 0.3) is 11.4 Å². The maximum absolute atomic E-state index is 13.3. The summed E-state index contributed by atoms with van der Waals surface area (Å²) in [7, 11) is 0. The fraction of sp³-hybridized carbons (Fsp3) is 0.375. The van der Waals surface area contributed by atoms with Gasteiger partial charge in [-0.2, -0.15) is 0 Å². The number of hydrogen-bond donors (Lipinski definition) is 1. The van der Waals surface area contributed by atoms with Crippen LogP contribution in [0.2, 0.25) is 0 Å². The Morgan fingerprint density at radius 3 is 2.30 bits per heavy atom. The summed E-state index contributed by atoms with van der Waals surface area (Å²) in [6.45, 7) is 9.48. The van der Waals surface area contributed by atoms with Gasteiger partial charge in [-0.05, 0) is 51.1 Å².